The highest BCUT2D eigenvalue weighted by Gasteiger charge is 2.15. The van der Waals surface area contributed by atoms with Crippen LogP contribution in [0.25, 0.3) is 0 Å². The number of hydrogen-bond donors (Lipinski definition) is 2. The molecular formula is C18H22N2O3S. The number of hydrogen-bond acceptors (Lipinski definition) is 3. The summed E-state index contributed by atoms with van der Waals surface area (Å²) >= 11 is 0. The molecule has 24 heavy (non-hydrogen) atoms. The van der Waals surface area contributed by atoms with Gasteiger partial charge < -0.3 is 5.32 Å². The Balaban J connectivity index is 2.13. The van der Waals surface area contributed by atoms with Gasteiger partial charge in [-0.1, -0.05) is 38.1 Å². The van der Waals surface area contributed by atoms with Crippen LogP contribution in [-0.2, 0) is 21.4 Å². The fourth-order valence-electron chi connectivity index (χ4n) is 2.44. The molecule has 0 aliphatic rings. The highest BCUT2D eigenvalue weighted by molar-refractivity contribution is 7.89. The van der Waals surface area contributed by atoms with E-state index in [-0.39, 0.29) is 17.3 Å². The predicted molar refractivity (Wildman–Crippen MR) is 95.3 cm³/mol. The molecule has 0 unspecified atom stereocenters. The van der Waals surface area contributed by atoms with Gasteiger partial charge in [-0.3, -0.25) is 4.79 Å². The van der Waals surface area contributed by atoms with Crippen molar-refractivity contribution < 1.29 is 13.2 Å². The summed E-state index contributed by atoms with van der Waals surface area (Å²) in [5.41, 5.74) is 2.65. The lowest BCUT2D eigenvalue weighted by Crippen LogP contribution is -2.24. The Morgan fingerprint density at radius 3 is 2.25 bits per heavy atom. The van der Waals surface area contributed by atoms with Crippen LogP contribution in [0.1, 0.15) is 37.8 Å². The summed E-state index contributed by atoms with van der Waals surface area (Å²) in [5.74, 6) is 0.122. The molecule has 6 heteroatoms. The lowest BCUT2D eigenvalue weighted by Gasteiger charge is -2.13. The Kier molecular flexibility index (Phi) is 5.75. The molecule has 0 atom stereocenters. The van der Waals surface area contributed by atoms with Gasteiger partial charge in [-0.25, -0.2) is 13.1 Å². The Hall–Kier alpha value is -2.18. The molecule has 0 radical (unpaired) electrons. The molecule has 0 aliphatic carbocycles. The molecule has 0 bridgehead atoms. The Morgan fingerprint density at radius 2 is 1.67 bits per heavy atom. The third kappa shape index (κ3) is 4.66. The van der Waals surface area contributed by atoms with E-state index in [9.17, 15) is 13.2 Å². The number of sulfonamides is 1. The number of benzene rings is 2. The monoisotopic (exact) mass is 346 g/mol. The second-order valence-electron chi connectivity index (χ2n) is 5.88. The maximum absolute atomic E-state index is 12.4. The molecule has 0 aromatic heterocycles. The molecule has 2 aromatic carbocycles. The van der Waals surface area contributed by atoms with E-state index >= 15 is 0 Å². The fourth-order valence-corrected chi connectivity index (χ4v) is 3.44. The van der Waals surface area contributed by atoms with Crippen LogP contribution in [0.15, 0.2) is 53.4 Å². The molecule has 0 saturated carbocycles. The molecule has 5 nitrogen and oxygen atoms in total. The molecule has 0 spiro atoms. The Morgan fingerprint density at radius 1 is 1.04 bits per heavy atom. The van der Waals surface area contributed by atoms with Gasteiger partial charge in [-0.2, -0.15) is 0 Å². The van der Waals surface area contributed by atoms with Crippen LogP contribution in [0, 0.1) is 0 Å². The van der Waals surface area contributed by atoms with Crippen molar-refractivity contribution in [1.82, 2.24) is 4.72 Å². The zero-order valence-corrected chi connectivity index (χ0v) is 14.9. The lowest BCUT2D eigenvalue weighted by atomic mass is 9.97. The molecular weight excluding hydrogens is 324 g/mol. The van der Waals surface area contributed by atoms with Crippen LogP contribution in [0.5, 0.6) is 0 Å². The summed E-state index contributed by atoms with van der Waals surface area (Å²) in [5, 5.41) is 2.61. The summed E-state index contributed by atoms with van der Waals surface area (Å²) in [6.45, 7) is 5.80. The van der Waals surface area contributed by atoms with Crippen molar-refractivity contribution in [2.45, 2.75) is 38.1 Å². The molecule has 0 saturated heterocycles. The molecule has 0 fully saturated rings. The third-order valence-corrected chi connectivity index (χ3v) is 5.03. The third-order valence-electron chi connectivity index (χ3n) is 3.61. The van der Waals surface area contributed by atoms with E-state index in [1.165, 1.54) is 19.1 Å². The van der Waals surface area contributed by atoms with E-state index in [2.05, 4.69) is 23.9 Å². The van der Waals surface area contributed by atoms with E-state index in [0.717, 1.165) is 11.1 Å². The van der Waals surface area contributed by atoms with Gasteiger partial charge in [0.15, 0.2) is 0 Å². The van der Waals surface area contributed by atoms with Gasteiger partial charge >= 0.3 is 0 Å². The number of carbonyl (C=O) groups is 1. The van der Waals surface area contributed by atoms with E-state index in [0.29, 0.717) is 11.6 Å². The van der Waals surface area contributed by atoms with Crippen molar-refractivity contribution >= 4 is 21.6 Å². The summed E-state index contributed by atoms with van der Waals surface area (Å²) in [6, 6.07) is 13.9. The SMILES string of the molecule is CC(=O)Nc1ccc(S(=O)(=O)NCc2ccccc2C(C)C)cc1. The molecule has 2 rings (SSSR count). The average Bonchev–Trinajstić information content (AvgIpc) is 2.53. The smallest absolute Gasteiger partial charge is 0.240 e. The fraction of sp³-hybridized carbons (Fsp3) is 0.278. The van der Waals surface area contributed by atoms with Crippen LogP contribution in [0.4, 0.5) is 5.69 Å². The molecule has 0 aliphatic heterocycles. The second-order valence-corrected chi connectivity index (χ2v) is 7.65. The van der Waals surface area contributed by atoms with Crippen molar-refractivity contribution in [1.29, 1.82) is 0 Å². The molecule has 2 N–H and O–H groups in total. The minimum Gasteiger partial charge on any atom is -0.326 e. The Labute approximate surface area is 143 Å². The Bertz CT molecular complexity index is 812. The second kappa shape index (κ2) is 7.59. The first-order valence-corrected chi connectivity index (χ1v) is 9.23. The average molecular weight is 346 g/mol. The first-order valence-electron chi connectivity index (χ1n) is 7.74. The van der Waals surface area contributed by atoms with Crippen LogP contribution >= 0.6 is 0 Å². The van der Waals surface area contributed by atoms with Gasteiger partial charge in [0, 0.05) is 19.2 Å². The van der Waals surface area contributed by atoms with Crippen LogP contribution in [0.2, 0.25) is 0 Å². The minimum atomic E-state index is -3.61. The summed E-state index contributed by atoms with van der Waals surface area (Å²) < 4.78 is 27.5. The summed E-state index contributed by atoms with van der Waals surface area (Å²) in [7, 11) is -3.61. The standard InChI is InChI=1S/C18H22N2O3S/c1-13(2)18-7-5-4-6-15(18)12-19-24(22,23)17-10-8-16(9-11-17)20-14(3)21/h4-11,13,19H,12H2,1-3H3,(H,20,21). The van der Waals surface area contributed by atoms with Gasteiger partial charge in [0.25, 0.3) is 0 Å². The first-order chi connectivity index (χ1) is 11.3. The van der Waals surface area contributed by atoms with Gasteiger partial charge in [-0.05, 0) is 41.3 Å². The lowest BCUT2D eigenvalue weighted by molar-refractivity contribution is -0.114. The maximum Gasteiger partial charge on any atom is 0.240 e. The van der Waals surface area contributed by atoms with Gasteiger partial charge in [0.05, 0.1) is 4.90 Å². The normalized spacial score (nSPS) is 11.5. The van der Waals surface area contributed by atoms with Gasteiger partial charge in [0.2, 0.25) is 15.9 Å². The quantitative estimate of drug-likeness (QED) is 0.843. The molecule has 0 heterocycles. The zero-order valence-electron chi connectivity index (χ0n) is 14.0. The van der Waals surface area contributed by atoms with Crippen LogP contribution < -0.4 is 10.0 Å². The topological polar surface area (TPSA) is 75.3 Å². The highest BCUT2D eigenvalue weighted by atomic mass is 32.2. The first kappa shape index (κ1) is 18.2. The summed E-state index contributed by atoms with van der Waals surface area (Å²) in [4.78, 5) is 11.2. The summed E-state index contributed by atoms with van der Waals surface area (Å²) in [6.07, 6.45) is 0. The van der Waals surface area contributed by atoms with Crippen LogP contribution in [-0.4, -0.2) is 14.3 Å². The number of rotatable bonds is 6. The van der Waals surface area contributed by atoms with Crippen molar-refractivity contribution in [3.05, 3.63) is 59.7 Å². The molecule has 128 valence electrons. The predicted octanol–water partition coefficient (Wildman–Crippen LogP) is 3.25. The van der Waals surface area contributed by atoms with Gasteiger partial charge in [0.1, 0.15) is 0 Å². The van der Waals surface area contributed by atoms with E-state index < -0.39 is 10.0 Å². The van der Waals surface area contributed by atoms with Crippen molar-refractivity contribution in [3.63, 3.8) is 0 Å². The van der Waals surface area contributed by atoms with E-state index in [1.54, 1.807) is 12.1 Å². The number of amides is 1. The molecule has 1 amide bonds. The van der Waals surface area contributed by atoms with E-state index in [1.807, 2.05) is 24.3 Å². The number of carbonyl (C=O) groups excluding carboxylic acids is 1. The van der Waals surface area contributed by atoms with Crippen molar-refractivity contribution in [3.8, 4) is 0 Å². The number of anilines is 1. The molecule has 2 aromatic rings. The van der Waals surface area contributed by atoms with Crippen molar-refractivity contribution in [2.75, 3.05) is 5.32 Å². The van der Waals surface area contributed by atoms with Crippen molar-refractivity contribution in [2.24, 2.45) is 0 Å². The minimum absolute atomic E-state index is 0.165. The maximum atomic E-state index is 12.4. The number of nitrogens with one attached hydrogen (secondary N) is 2. The van der Waals surface area contributed by atoms with Crippen LogP contribution in [0.3, 0.4) is 0 Å². The largest absolute Gasteiger partial charge is 0.326 e. The highest BCUT2D eigenvalue weighted by Crippen LogP contribution is 2.20. The van der Waals surface area contributed by atoms with Gasteiger partial charge in [-0.15, -0.1) is 0 Å². The van der Waals surface area contributed by atoms with E-state index in [4.69, 9.17) is 0 Å². The zero-order chi connectivity index (χ0) is 17.7.